The number of nitrogens with one attached hydrogen (secondary N) is 1. The maximum atomic E-state index is 12.2. The molecule has 0 fully saturated rings. The molecule has 1 aromatic carbocycles. The maximum absolute atomic E-state index is 12.2. The van der Waals surface area contributed by atoms with Crippen LogP contribution in [0.4, 0.5) is 5.69 Å². The lowest BCUT2D eigenvalue weighted by Crippen LogP contribution is -2.18. The van der Waals surface area contributed by atoms with Crippen LogP contribution in [0.15, 0.2) is 42.6 Å². The largest absolute Gasteiger partial charge is 0.486 e. The quantitative estimate of drug-likeness (QED) is 0.829. The van der Waals surface area contributed by atoms with Gasteiger partial charge in [0.2, 0.25) is 0 Å². The number of pyridine rings is 1. The first-order valence-corrected chi connectivity index (χ1v) is 6.71. The molecule has 5 nitrogen and oxygen atoms in total. The van der Waals surface area contributed by atoms with E-state index in [1.165, 1.54) is 0 Å². The smallest absolute Gasteiger partial charge is 0.274 e. The Morgan fingerprint density at radius 2 is 2.19 bits per heavy atom. The molecule has 0 unspecified atom stereocenters. The van der Waals surface area contributed by atoms with Crippen LogP contribution < -0.4 is 15.8 Å². The molecule has 21 heavy (non-hydrogen) atoms. The molecule has 0 aliphatic rings. The molecule has 1 heterocycles. The predicted molar refractivity (Wildman–Crippen MR) is 85.6 cm³/mol. The summed E-state index contributed by atoms with van der Waals surface area (Å²) in [6.07, 6.45) is 1.59. The summed E-state index contributed by atoms with van der Waals surface area (Å²) < 4.78 is 5.39. The molecule has 6 heteroatoms. The summed E-state index contributed by atoms with van der Waals surface area (Å²) in [6.45, 7) is 2.00. The van der Waals surface area contributed by atoms with Gasteiger partial charge in [0.15, 0.2) is 0 Å². The van der Waals surface area contributed by atoms with Crippen LogP contribution in [0.3, 0.4) is 0 Å². The van der Waals surface area contributed by atoms with Crippen LogP contribution in [0.5, 0.6) is 5.75 Å². The van der Waals surface area contributed by atoms with Crippen molar-refractivity contribution in [3.63, 3.8) is 0 Å². The van der Waals surface area contributed by atoms with Gasteiger partial charge in [0, 0.05) is 18.0 Å². The van der Waals surface area contributed by atoms with E-state index in [-0.39, 0.29) is 17.5 Å². The van der Waals surface area contributed by atoms with Gasteiger partial charge in [-0.15, -0.1) is 0 Å². The first-order valence-electron chi connectivity index (χ1n) is 6.30. The number of hydrogen-bond acceptors (Lipinski definition) is 4. The van der Waals surface area contributed by atoms with E-state index >= 15 is 0 Å². The third kappa shape index (κ3) is 4.25. The van der Waals surface area contributed by atoms with E-state index in [9.17, 15) is 4.79 Å². The number of amides is 1. The van der Waals surface area contributed by atoms with Gasteiger partial charge in [0.1, 0.15) is 23.0 Å². The van der Waals surface area contributed by atoms with Crippen molar-refractivity contribution < 1.29 is 9.53 Å². The van der Waals surface area contributed by atoms with E-state index < -0.39 is 0 Å². The van der Waals surface area contributed by atoms with E-state index in [0.29, 0.717) is 17.1 Å². The summed E-state index contributed by atoms with van der Waals surface area (Å²) in [5.74, 6) is 0.318. The second-order valence-corrected chi connectivity index (χ2v) is 4.93. The van der Waals surface area contributed by atoms with Gasteiger partial charge < -0.3 is 15.8 Å². The average Bonchev–Trinajstić information content (AvgIpc) is 2.46. The predicted octanol–water partition coefficient (Wildman–Crippen LogP) is 2.31. The molecule has 0 radical (unpaired) electrons. The molecule has 108 valence electrons. The van der Waals surface area contributed by atoms with Gasteiger partial charge in [0.25, 0.3) is 5.91 Å². The number of nitrogens with zero attached hydrogens (tertiary/aromatic N) is 1. The summed E-state index contributed by atoms with van der Waals surface area (Å²) in [7, 11) is 0. The summed E-state index contributed by atoms with van der Waals surface area (Å²) in [6, 6.07) is 10.6. The fourth-order valence-electron chi connectivity index (χ4n) is 1.73. The third-order valence-electron chi connectivity index (χ3n) is 2.70. The zero-order valence-electron chi connectivity index (χ0n) is 11.5. The molecule has 3 N–H and O–H groups in total. The molecule has 0 bridgehead atoms. The second kappa shape index (κ2) is 6.81. The maximum Gasteiger partial charge on any atom is 0.274 e. The molecule has 0 saturated heterocycles. The fourth-order valence-corrected chi connectivity index (χ4v) is 1.79. The SMILES string of the molecule is Cc1cccnc1C(=O)Nc1cccc(OCC(N)=S)c1. The van der Waals surface area contributed by atoms with Crippen LogP contribution in [0.2, 0.25) is 0 Å². The first-order chi connectivity index (χ1) is 10.1. The Bertz CT molecular complexity index is 673. The highest BCUT2D eigenvalue weighted by atomic mass is 32.1. The zero-order chi connectivity index (χ0) is 15.2. The number of carbonyl (C=O) groups is 1. The van der Waals surface area contributed by atoms with Gasteiger partial charge >= 0.3 is 0 Å². The summed E-state index contributed by atoms with van der Waals surface area (Å²) in [5, 5.41) is 2.78. The average molecular weight is 301 g/mol. The van der Waals surface area contributed by atoms with Crippen LogP contribution >= 0.6 is 12.2 Å². The minimum absolute atomic E-state index is 0.159. The Balaban J connectivity index is 2.09. The van der Waals surface area contributed by atoms with E-state index in [1.807, 2.05) is 13.0 Å². The molecule has 0 spiro atoms. The number of benzene rings is 1. The van der Waals surface area contributed by atoms with E-state index in [1.54, 1.807) is 36.5 Å². The lowest BCUT2D eigenvalue weighted by molar-refractivity contribution is 0.102. The normalized spacial score (nSPS) is 9.95. The molecule has 2 aromatic rings. The summed E-state index contributed by atoms with van der Waals surface area (Å²) in [5.41, 5.74) is 7.21. The standard InChI is InChI=1S/C15H15N3O2S/c1-10-4-3-7-17-14(10)15(19)18-11-5-2-6-12(8-11)20-9-13(16)21/h2-8H,9H2,1H3,(H2,16,21)(H,18,19). The zero-order valence-corrected chi connectivity index (χ0v) is 12.3. The van der Waals surface area contributed by atoms with Gasteiger partial charge in [-0.25, -0.2) is 0 Å². The number of hydrogen-bond donors (Lipinski definition) is 2. The Morgan fingerprint density at radius 3 is 2.90 bits per heavy atom. The van der Waals surface area contributed by atoms with Crippen LogP contribution in [-0.2, 0) is 0 Å². The van der Waals surface area contributed by atoms with Crippen molar-refractivity contribution in [2.45, 2.75) is 6.92 Å². The van der Waals surface area contributed by atoms with Gasteiger partial charge in [-0.05, 0) is 30.7 Å². The Morgan fingerprint density at radius 1 is 1.38 bits per heavy atom. The van der Waals surface area contributed by atoms with E-state index in [2.05, 4.69) is 10.3 Å². The van der Waals surface area contributed by atoms with Crippen molar-refractivity contribution in [3.05, 3.63) is 53.9 Å². The van der Waals surface area contributed by atoms with Gasteiger partial charge in [-0.3, -0.25) is 9.78 Å². The first kappa shape index (κ1) is 14.9. The minimum Gasteiger partial charge on any atom is -0.486 e. The number of anilines is 1. The van der Waals surface area contributed by atoms with Crippen LogP contribution in [0.25, 0.3) is 0 Å². The number of aromatic nitrogens is 1. The summed E-state index contributed by atoms with van der Waals surface area (Å²) in [4.78, 5) is 16.5. The Hall–Kier alpha value is -2.47. The highest BCUT2D eigenvalue weighted by Crippen LogP contribution is 2.18. The number of thiocarbonyl (C=S) groups is 1. The van der Waals surface area contributed by atoms with Gasteiger partial charge in [-0.1, -0.05) is 24.4 Å². The molecule has 1 aromatic heterocycles. The van der Waals surface area contributed by atoms with Crippen molar-refractivity contribution in [2.24, 2.45) is 5.73 Å². The lowest BCUT2D eigenvalue weighted by Gasteiger charge is -2.09. The molecule has 0 atom stereocenters. The van der Waals surface area contributed by atoms with Crippen molar-refractivity contribution in [2.75, 3.05) is 11.9 Å². The van der Waals surface area contributed by atoms with Crippen molar-refractivity contribution in [1.29, 1.82) is 0 Å². The number of ether oxygens (including phenoxy) is 1. The molecule has 0 saturated carbocycles. The molecule has 0 aliphatic heterocycles. The number of aryl methyl sites for hydroxylation is 1. The number of nitrogens with two attached hydrogens (primary N) is 1. The highest BCUT2D eigenvalue weighted by molar-refractivity contribution is 7.80. The minimum atomic E-state index is -0.264. The summed E-state index contributed by atoms with van der Waals surface area (Å²) >= 11 is 4.75. The second-order valence-electron chi connectivity index (χ2n) is 4.41. The molecule has 1 amide bonds. The van der Waals surface area contributed by atoms with Crippen LogP contribution in [0, 0.1) is 6.92 Å². The molecular weight excluding hydrogens is 286 g/mol. The monoisotopic (exact) mass is 301 g/mol. The number of carbonyl (C=O) groups excluding carboxylic acids is 1. The van der Waals surface area contributed by atoms with Crippen molar-refractivity contribution in [3.8, 4) is 5.75 Å². The van der Waals surface area contributed by atoms with Crippen LogP contribution in [0.1, 0.15) is 16.1 Å². The Labute approximate surface area is 128 Å². The molecule has 0 aliphatic carbocycles. The highest BCUT2D eigenvalue weighted by Gasteiger charge is 2.10. The molecule has 2 rings (SSSR count). The van der Waals surface area contributed by atoms with Crippen molar-refractivity contribution >= 4 is 28.8 Å². The van der Waals surface area contributed by atoms with Gasteiger partial charge in [-0.2, -0.15) is 0 Å². The Kier molecular flexibility index (Phi) is 4.84. The number of rotatable bonds is 5. The van der Waals surface area contributed by atoms with E-state index in [0.717, 1.165) is 5.56 Å². The lowest BCUT2D eigenvalue weighted by atomic mass is 10.2. The van der Waals surface area contributed by atoms with Crippen LogP contribution in [-0.4, -0.2) is 22.5 Å². The third-order valence-corrected chi connectivity index (χ3v) is 2.82. The molecular formula is C15H15N3O2S. The van der Waals surface area contributed by atoms with Crippen molar-refractivity contribution in [1.82, 2.24) is 4.98 Å². The topological polar surface area (TPSA) is 77.2 Å². The van der Waals surface area contributed by atoms with E-state index in [4.69, 9.17) is 22.7 Å². The van der Waals surface area contributed by atoms with Gasteiger partial charge in [0.05, 0.1) is 0 Å². The fraction of sp³-hybridized carbons (Fsp3) is 0.133.